The van der Waals surface area contributed by atoms with E-state index in [1.807, 2.05) is 54.6 Å². The number of aromatic nitrogens is 1. The first-order valence-electron chi connectivity index (χ1n) is 14.8. The zero-order valence-corrected chi connectivity index (χ0v) is 27.9. The zero-order chi connectivity index (χ0) is 33.6. The Labute approximate surface area is 277 Å². The second-order valence-electron chi connectivity index (χ2n) is 11.7. The van der Waals surface area contributed by atoms with E-state index in [9.17, 15) is 18.0 Å². The van der Waals surface area contributed by atoms with Gasteiger partial charge >= 0.3 is 6.09 Å². The Kier molecular flexibility index (Phi) is 10.1. The fraction of sp³-hybridized carbons (Fsp3) is 0.235. The van der Waals surface area contributed by atoms with Gasteiger partial charge in [-0.25, -0.2) is 22.9 Å². The number of benzene rings is 3. The molecule has 5 rings (SSSR count). The van der Waals surface area contributed by atoms with Crippen LogP contribution in [-0.2, 0) is 26.0 Å². The molecule has 1 atom stereocenters. The predicted molar refractivity (Wildman–Crippen MR) is 183 cm³/mol. The molecule has 0 aliphatic rings. The first-order chi connectivity index (χ1) is 22.4. The molecule has 0 aliphatic heterocycles. The third-order valence-electron chi connectivity index (χ3n) is 6.81. The van der Waals surface area contributed by atoms with Crippen molar-refractivity contribution in [3.05, 3.63) is 102 Å². The summed E-state index contributed by atoms with van der Waals surface area (Å²) in [6.07, 6.45) is -0.258. The average molecular weight is 674 g/mol. The number of nitrogens with one attached hydrogen (secondary N) is 3. The number of fused-ring (bicyclic) bond motifs is 1. The third-order valence-corrected chi connectivity index (χ3v) is 9.10. The predicted octanol–water partition coefficient (Wildman–Crippen LogP) is 6.72. The number of furan rings is 1. The Morgan fingerprint density at radius 1 is 0.979 bits per heavy atom. The van der Waals surface area contributed by atoms with Crippen molar-refractivity contribution >= 4 is 54.4 Å². The van der Waals surface area contributed by atoms with Crippen molar-refractivity contribution in [1.82, 2.24) is 15.0 Å². The van der Waals surface area contributed by atoms with Crippen molar-refractivity contribution in [2.24, 2.45) is 5.10 Å². The summed E-state index contributed by atoms with van der Waals surface area (Å²) in [7, 11) is -4.32. The van der Waals surface area contributed by atoms with Crippen LogP contribution >= 0.6 is 11.3 Å². The van der Waals surface area contributed by atoms with Crippen LogP contribution in [0.5, 0.6) is 0 Å². The molecule has 244 valence electrons. The van der Waals surface area contributed by atoms with Crippen molar-refractivity contribution in [3.63, 3.8) is 0 Å². The number of carbonyl (C=O) groups excluding carboxylic acids is 2. The Morgan fingerprint density at radius 3 is 2.47 bits per heavy atom. The zero-order valence-electron chi connectivity index (χ0n) is 26.3. The second kappa shape index (κ2) is 14.2. The number of rotatable bonds is 11. The average Bonchev–Trinajstić information content (AvgIpc) is 3.69. The minimum atomic E-state index is -4.32. The smallest absolute Gasteiger partial charge is 0.408 e. The van der Waals surface area contributed by atoms with Crippen LogP contribution in [0.1, 0.15) is 45.4 Å². The first-order valence-corrected chi connectivity index (χ1v) is 17.1. The van der Waals surface area contributed by atoms with Gasteiger partial charge < -0.3 is 14.5 Å². The number of hydrogen-bond acceptors (Lipinski definition) is 10. The molecule has 11 nitrogen and oxygen atoms in total. The standard InChI is InChI=1S/C34H35N5O6S2/c1-22(37-38-32-35-26-15-8-9-16-30(26)46-32)28-19-20-29(44-28)24-13-10-14-25(21-24)47(42,43)39-31(40)27(36-33(41)45-34(2,3)4)18-17-23-11-6-5-7-12-23/h5-16,19-21,27H,17-18H2,1-4H3,(H,35,38)(H,36,41)(H,39,40). The Balaban J connectivity index is 1.28. The van der Waals surface area contributed by atoms with Gasteiger partial charge in [-0.15, -0.1) is 0 Å². The van der Waals surface area contributed by atoms with Crippen molar-refractivity contribution in [2.45, 2.75) is 57.1 Å². The molecule has 0 bridgehead atoms. The molecule has 13 heteroatoms. The molecule has 0 saturated carbocycles. The van der Waals surface area contributed by atoms with Gasteiger partial charge in [0.05, 0.1) is 15.1 Å². The summed E-state index contributed by atoms with van der Waals surface area (Å²) in [6, 6.07) is 25.5. The highest BCUT2D eigenvalue weighted by Crippen LogP contribution is 2.27. The second-order valence-corrected chi connectivity index (χ2v) is 14.4. The molecule has 3 aromatic carbocycles. The lowest BCUT2D eigenvalue weighted by Crippen LogP contribution is -2.49. The summed E-state index contributed by atoms with van der Waals surface area (Å²) in [4.78, 5) is 30.2. The number of hydrogen-bond donors (Lipinski definition) is 3. The fourth-order valence-electron chi connectivity index (χ4n) is 4.55. The molecule has 2 amide bonds. The Hall–Kier alpha value is -5.01. The molecule has 47 heavy (non-hydrogen) atoms. The number of anilines is 1. The van der Waals surface area contributed by atoms with Crippen LogP contribution in [0.4, 0.5) is 9.93 Å². The van der Waals surface area contributed by atoms with Crippen LogP contribution in [0.15, 0.2) is 105 Å². The van der Waals surface area contributed by atoms with Crippen molar-refractivity contribution < 1.29 is 27.2 Å². The van der Waals surface area contributed by atoms with Crippen LogP contribution < -0.4 is 15.5 Å². The maximum atomic E-state index is 13.4. The van der Waals surface area contributed by atoms with E-state index in [4.69, 9.17) is 9.15 Å². The summed E-state index contributed by atoms with van der Waals surface area (Å²) in [5.41, 5.74) is 5.00. The van der Waals surface area contributed by atoms with Gasteiger partial charge in [0.1, 0.15) is 23.1 Å². The lowest BCUT2D eigenvalue weighted by molar-refractivity contribution is -0.121. The molecule has 2 heterocycles. The minimum Gasteiger partial charge on any atom is -0.455 e. The molecule has 2 aromatic heterocycles. The number of thiazole rings is 1. The van der Waals surface area contributed by atoms with Gasteiger partial charge in [-0.2, -0.15) is 5.10 Å². The van der Waals surface area contributed by atoms with E-state index < -0.39 is 33.7 Å². The van der Waals surface area contributed by atoms with Crippen LogP contribution in [0.3, 0.4) is 0 Å². The van der Waals surface area contributed by atoms with Crippen LogP contribution in [0.25, 0.3) is 21.5 Å². The number of para-hydroxylation sites is 1. The lowest BCUT2D eigenvalue weighted by Gasteiger charge is -2.23. The molecule has 0 spiro atoms. The molecule has 0 saturated heterocycles. The van der Waals surface area contributed by atoms with Gasteiger partial charge in [0.2, 0.25) is 5.13 Å². The van der Waals surface area contributed by atoms with Crippen molar-refractivity contribution in [3.8, 4) is 11.3 Å². The summed E-state index contributed by atoms with van der Waals surface area (Å²) in [5, 5.41) is 7.55. The summed E-state index contributed by atoms with van der Waals surface area (Å²) >= 11 is 1.48. The molecular formula is C34H35N5O6S2. The van der Waals surface area contributed by atoms with Crippen molar-refractivity contribution in [1.29, 1.82) is 0 Å². The topological polar surface area (TPSA) is 152 Å². The third kappa shape index (κ3) is 9.05. The lowest BCUT2D eigenvalue weighted by atomic mass is 10.1. The summed E-state index contributed by atoms with van der Waals surface area (Å²) in [6.45, 7) is 6.86. The largest absolute Gasteiger partial charge is 0.455 e. The number of sulfonamides is 1. The summed E-state index contributed by atoms with van der Waals surface area (Å²) in [5.74, 6) is -0.000154. The number of ether oxygens (including phenoxy) is 1. The van der Waals surface area contributed by atoms with E-state index in [1.54, 1.807) is 52.0 Å². The minimum absolute atomic E-state index is 0.147. The van der Waals surface area contributed by atoms with Gasteiger partial charge in [0.15, 0.2) is 5.76 Å². The van der Waals surface area contributed by atoms with Gasteiger partial charge in [-0.3, -0.25) is 10.2 Å². The summed E-state index contributed by atoms with van der Waals surface area (Å²) < 4.78 is 41.2. The number of nitrogens with zero attached hydrogens (tertiary/aromatic N) is 2. The fourth-order valence-corrected chi connectivity index (χ4v) is 6.42. The van der Waals surface area contributed by atoms with Crippen molar-refractivity contribution in [2.75, 3.05) is 5.43 Å². The number of carbonyl (C=O) groups is 2. The van der Waals surface area contributed by atoms with Gasteiger partial charge in [-0.1, -0.05) is 65.9 Å². The first kappa shape index (κ1) is 33.4. The van der Waals surface area contributed by atoms with E-state index in [0.29, 0.717) is 34.3 Å². The molecule has 0 aliphatic carbocycles. The van der Waals surface area contributed by atoms with E-state index in [0.717, 1.165) is 15.8 Å². The normalized spacial score (nSPS) is 12.8. The van der Waals surface area contributed by atoms with Gasteiger partial charge in [-0.05, 0) is 82.5 Å². The number of aryl methyl sites for hydroxylation is 1. The Morgan fingerprint density at radius 2 is 1.72 bits per heavy atom. The highest BCUT2D eigenvalue weighted by atomic mass is 32.2. The van der Waals surface area contributed by atoms with E-state index in [1.165, 1.54) is 23.5 Å². The molecule has 0 fully saturated rings. The van der Waals surface area contributed by atoms with Gasteiger partial charge in [0, 0.05) is 5.56 Å². The molecular weight excluding hydrogens is 639 g/mol. The van der Waals surface area contributed by atoms with E-state index >= 15 is 0 Å². The quantitative estimate of drug-likeness (QED) is 0.103. The van der Waals surface area contributed by atoms with Crippen LogP contribution in [0.2, 0.25) is 0 Å². The van der Waals surface area contributed by atoms with E-state index in [2.05, 4.69) is 25.6 Å². The van der Waals surface area contributed by atoms with Gasteiger partial charge in [0.25, 0.3) is 15.9 Å². The number of amides is 2. The maximum Gasteiger partial charge on any atom is 0.408 e. The van der Waals surface area contributed by atoms with Crippen LogP contribution in [0, 0.1) is 0 Å². The maximum absolute atomic E-state index is 13.4. The monoisotopic (exact) mass is 673 g/mol. The molecule has 3 N–H and O–H groups in total. The molecule has 5 aromatic rings. The SMILES string of the molecule is CC(=NNc1nc2ccccc2s1)c1ccc(-c2cccc(S(=O)(=O)NC(=O)C(CCc3ccccc3)NC(=O)OC(C)(C)C)c2)o1. The molecule has 1 unspecified atom stereocenters. The van der Waals surface area contributed by atoms with E-state index in [-0.39, 0.29) is 11.3 Å². The number of alkyl carbamates (subject to hydrolysis) is 1. The molecule has 0 radical (unpaired) electrons. The highest BCUT2D eigenvalue weighted by molar-refractivity contribution is 7.90. The number of hydrazone groups is 1. The van der Waals surface area contributed by atoms with Crippen LogP contribution in [-0.4, -0.2) is 42.8 Å². The highest BCUT2D eigenvalue weighted by Gasteiger charge is 2.28. The Bertz CT molecular complexity index is 1980.